The standard InChI is InChI=1S/C22H20F3N5O4/c1-11-8-12(2)30(29-11)17-7-4-14(9-26-17)22(33)34-13(3)21(32)27-10-18(31)28-16-6-5-15(23)19(24)20(16)25/h4-9,13H,10H2,1-3H3,(H,27,32)(H,28,31). The Balaban J connectivity index is 1.52. The van der Waals surface area contributed by atoms with Gasteiger partial charge in [0.1, 0.15) is 0 Å². The molecule has 178 valence electrons. The number of benzene rings is 1. The van der Waals surface area contributed by atoms with Gasteiger partial charge in [-0.25, -0.2) is 27.6 Å². The molecule has 3 aromatic rings. The largest absolute Gasteiger partial charge is 0.449 e. The smallest absolute Gasteiger partial charge is 0.340 e. The fourth-order valence-electron chi connectivity index (χ4n) is 2.90. The lowest BCUT2D eigenvalue weighted by molar-refractivity contribution is -0.130. The lowest BCUT2D eigenvalue weighted by atomic mass is 10.2. The summed E-state index contributed by atoms with van der Waals surface area (Å²) < 4.78 is 46.5. The number of esters is 1. The first kappa shape index (κ1) is 24.4. The van der Waals surface area contributed by atoms with Crippen molar-refractivity contribution < 1.29 is 32.3 Å². The third kappa shape index (κ3) is 5.57. The Hall–Kier alpha value is -4.22. The summed E-state index contributed by atoms with van der Waals surface area (Å²) in [4.78, 5) is 40.5. The van der Waals surface area contributed by atoms with Gasteiger partial charge >= 0.3 is 5.97 Å². The van der Waals surface area contributed by atoms with Gasteiger partial charge in [0.15, 0.2) is 29.4 Å². The van der Waals surface area contributed by atoms with Crippen LogP contribution in [0.3, 0.4) is 0 Å². The predicted molar refractivity (Wildman–Crippen MR) is 114 cm³/mol. The number of nitrogens with one attached hydrogen (secondary N) is 2. The summed E-state index contributed by atoms with van der Waals surface area (Å²) in [5.41, 5.74) is 1.18. The van der Waals surface area contributed by atoms with Crippen molar-refractivity contribution in [3.8, 4) is 5.82 Å². The van der Waals surface area contributed by atoms with Crippen molar-refractivity contribution in [1.82, 2.24) is 20.1 Å². The normalized spacial score (nSPS) is 11.6. The lowest BCUT2D eigenvalue weighted by Gasteiger charge is -2.14. The minimum atomic E-state index is -1.74. The second-order valence-electron chi connectivity index (χ2n) is 7.28. The third-order valence-corrected chi connectivity index (χ3v) is 4.60. The molecule has 0 radical (unpaired) electrons. The molecule has 0 saturated carbocycles. The van der Waals surface area contributed by atoms with Gasteiger partial charge in [-0.3, -0.25) is 9.59 Å². The number of ether oxygens (including phenoxy) is 1. The minimum absolute atomic E-state index is 0.0940. The van der Waals surface area contributed by atoms with Gasteiger partial charge in [-0.1, -0.05) is 0 Å². The Kier molecular flexibility index (Phi) is 7.29. The second kappa shape index (κ2) is 10.1. The van der Waals surface area contributed by atoms with Gasteiger partial charge in [0.2, 0.25) is 5.91 Å². The summed E-state index contributed by atoms with van der Waals surface area (Å²) >= 11 is 0. The zero-order valence-corrected chi connectivity index (χ0v) is 18.4. The molecule has 0 bridgehead atoms. The average Bonchev–Trinajstić information content (AvgIpc) is 3.15. The van der Waals surface area contributed by atoms with E-state index in [4.69, 9.17) is 4.74 Å². The summed E-state index contributed by atoms with van der Waals surface area (Å²) in [6.45, 7) is 4.36. The first-order valence-corrected chi connectivity index (χ1v) is 9.98. The number of carbonyl (C=O) groups is 3. The van der Waals surface area contributed by atoms with Crippen LogP contribution < -0.4 is 10.6 Å². The molecule has 0 fully saturated rings. The molecule has 0 spiro atoms. The summed E-state index contributed by atoms with van der Waals surface area (Å²) in [5.74, 6) is -6.74. The molecule has 12 heteroatoms. The summed E-state index contributed by atoms with van der Waals surface area (Å²) in [6, 6.07) is 6.40. The van der Waals surface area contributed by atoms with E-state index in [1.54, 1.807) is 10.7 Å². The number of anilines is 1. The molecule has 3 rings (SSSR count). The highest BCUT2D eigenvalue weighted by molar-refractivity contribution is 5.96. The number of aryl methyl sites for hydroxylation is 2. The van der Waals surface area contributed by atoms with Crippen LogP contribution in [0.2, 0.25) is 0 Å². The fraction of sp³-hybridized carbons (Fsp3) is 0.227. The average molecular weight is 475 g/mol. The lowest BCUT2D eigenvalue weighted by Crippen LogP contribution is -2.40. The molecule has 1 aromatic carbocycles. The van der Waals surface area contributed by atoms with Gasteiger partial charge in [-0.2, -0.15) is 5.10 Å². The van der Waals surface area contributed by atoms with Gasteiger partial charge in [-0.15, -0.1) is 0 Å². The number of carbonyl (C=O) groups excluding carboxylic acids is 3. The maximum Gasteiger partial charge on any atom is 0.340 e. The van der Waals surface area contributed by atoms with Crippen LogP contribution in [-0.4, -0.2) is 45.2 Å². The molecule has 1 atom stereocenters. The van der Waals surface area contributed by atoms with Gasteiger partial charge in [0.05, 0.1) is 23.5 Å². The molecule has 2 amide bonds. The zero-order valence-electron chi connectivity index (χ0n) is 18.4. The Morgan fingerprint density at radius 3 is 2.44 bits per heavy atom. The molecule has 34 heavy (non-hydrogen) atoms. The quantitative estimate of drug-likeness (QED) is 0.401. The van der Waals surface area contributed by atoms with Crippen molar-refractivity contribution >= 4 is 23.5 Å². The van der Waals surface area contributed by atoms with Gasteiger partial charge in [0.25, 0.3) is 5.91 Å². The highest BCUT2D eigenvalue weighted by Crippen LogP contribution is 2.19. The van der Waals surface area contributed by atoms with E-state index in [1.165, 1.54) is 19.2 Å². The van der Waals surface area contributed by atoms with E-state index in [2.05, 4.69) is 15.4 Å². The number of rotatable bonds is 7. The molecule has 2 aromatic heterocycles. The van der Waals surface area contributed by atoms with Crippen LogP contribution in [-0.2, 0) is 14.3 Å². The highest BCUT2D eigenvalue weighted by Gasteiger charge is 2.21. The van der Waals surface area contributed by atoms with Crippen molar-refractivity contribution in [2.75, 3.05) is 11.9 Å². The second-order valence-corrected chi connectivity index (χ2v) is 7.28. The van der Waals surface area contributed by atoms with E-state index >= 15 is 0 Å². The van der Waals surface area contributed by atoms with E-state index < -0.39 is 53.6 Å². The fourth-order valence-corrected chi connectivity index (χ4v) is 2.90. The monoisotopic (exact) mass is 475 g/mol. The van der Waals surface area contributed by atoms with Gasteiger partial charge < -0.3 is 15.4 Å². The van der Waals surface area contributed by atoms with Gasteiger partial charge in [0, 0.05) is 11.9 Å². The zero-order chi connectivity index (χ0) is 25.0. The molecular weight excluding hydrogens is 455 g/mol. The predicted octanol–water partition coefficient (Wildman–Crippen LogP) is 2.60. The number of hydrogen-bond donors (Lipinski definition) is 2. The minimum Gasteiger partial charge on any atom is -0.449 e. The van der Waals surface area contributed by atoms with Crippen LogP contribution in [0, 0.1) is 31.3 Å². The van der Waals surface area contributed by atoms with Gasteiger partial charge in [-0.05, 0) is 51.1 Å². The Morgan fingerprint density at radius 1 is 1.09 bits per heavy atom. The van der Waals surface area contributed by atoms with E-state index in [-0.39, 0.29) is 5.56 Å². The molecule has 1 unspecified atom stereocenters. The molecule has 0 saturated heterocycles. The summed E-state index contributed by atoms with van der Waals surface area (Å²) in [6.07, 6.45) is 0.0127. The van der Waals surface area contributed by atoms with Crippen molar-refractivity contribution in [3.05, 3.63) is 70.9 Å². The summed E-state index contributed by atoms with van der Waals surface area (Å²) in [5, 5.41) is 8.50. The van der Waals surface area contributed by atoms with Crippen molar-refractivity contribution in [1.29, 1.82) is 0 Å². The van der Waals surface area contributed by atoms with Crippen LogP contribution in [0.1, 0.15) is 28.7 Å². The maximum atomic E-state index is 13.6. The highest BCUT2D eigenvalue weighted by atomic mass is 19.2. The molecule has 2 heterocycles. The van der Waals surface area contributed by atoms with Crippen LogP contribution in [0.15, 0.2) is 36.5 Å². The SMILES string of the molecule is Cc1cc(C)n(-c2ccc(C(=O)OC(C)C(=O)NCC(=O)Nc3ccc(F)c(F)c3F)cn2)n1. The van der Waals surface area contributed by atoms with Crippen LogP contribution in [0.5, 0.6) is 0 Å². The van der Waals surface area contributed by atoms with E-state index in [0.717, 1.165) is 17.5 Å². The van der Waals surface area contributed by atoms with E-state index in [0.29, 0.717) is 11.9 Å². The molecule has 0 aliphatic carbocycles. The van der Waals surface area contributed by atoms with Crippen molar-refractivity contribution in [2.24, 2.45) is 0 Å². The molecule has 2 N–H and O–H groups in total. The Labute approximate surface area is 191 Å². The van der Waals surface area contributed by atoms with Crippen LogP contribution in [0.4, 0.5) is 18.9 Å². The molecule has 9 nitrogen and oxygen atoms in total. The van der Waals surface area contributed by atoms with Crippen molar-refractivity contribution in [3.63, 3.8) is 0 Å². The molecular formula is C22H20F3N5O4. The van der Waals surface area contributed by atoms with E-state index in [1.807, 2.05) is 25.2 Å². The topological polar surface area (TPSA) is 115 Å². The Bertz CT molecular complexity index is 1240. The number of aromatic nitrogens is 3. The molecule has 0 aliphatic rings. The number of pyridine rings is 1. The maximum absolute atomic E-state index is 13.6. The summed E-state index contributed by atoms with van der Waals surface area (Å²) in [7, 11) is 0. The first-order chi connectivity index (χ1) is 16.1. The van der Waals surface area contributed by atoms with Crippen LogP contribution in [0.25, 0.3) is 5.82 Å². The molecule has 0 aliphatic heterocycles. The Morgan fingerprint density at radius 2 is 1.82 bits per heavy atom. The van der Waals surface area contributed by atoms with Crippen molar-refractivity contribution in [2.45, 2.75) is 26.9 Å². The van der Waals surface area contributed by atoms with E-state index in [9.17, 15) is 27.6 Å². The third-order valence-electron chi connectivity index (χ3n) is 4.60. The number of hydrogen-bond acceptors (Lipinski definition) is 6. The number of halogens is 3. The number of nitrogens with zero attached hydrogens (tertiary/aromatic N) is 3. The first-order valence-electron chi connectivity index (χ1n) is 9.98. The van der Waals surface area contributed by atoms with Crippen LogP contribution >= 0.6 is 0 Å². The number of amides is 2.